The van der Waals surface area contributed by atoms with Crippen LogP contribution >= 0.6 is 0 Å². The van der Waals surface area contributed by atoms with Gasteiger partial charge in [-0.15, -0.1) is 0 Å². The second-order valence-electron chi connectivity index (χ2n) is 7.64. The van der Waals surface area contributed by atoms with Gasteiger partial charge >= 0.3 is 12.1 Å². The number of hydrogen-bond acceptors (Lipinski definition) is 5. The molecular formula is C16H26FNO5. The summed E-state index contributed by atoms with van der Waals surface area (Å²) in [6, 6.07) is -1.31. The first-order chi connectivity index (χ1) is 10.3. The van der Waals surface area contributed by atoms with Gasteiger partial charge in [-0.25, -0.2) is 18.9 Å². The SMILES string of the molecule is CC[C@@H]1[C@H](F)C(=O)N(C(=O)OC(C)(C)C)[C@@H]1C(=O)OC(C)(C)C. The van der Waals surface area contributed by atoms with Crippen molar-refractivity contribution in [3.63, 3.8) is 0 Å². The van der Waals surface area contributed by atoms with Crippen molar-refractivity contribution in [3.8, 4) is 0 Å². The summed E-state index contributed by atoms with van der Waals surface area (Å²) in [7, 11) is 0. The molecule has 3 atom stereocenters. The Morgan fingerprint density at radius 2 is 1.57 bits per heavy atom. The van der Waals surface area contributed by atoms with Gasteiger partial charge in [-0.3, -0.25) is 4.79 Å². The van der Waals surface area contributed by atoms with E-state index >= 15 is 0 Å². The second-order valence-corrected chi connectivity index (χ2v) is 7.64. The predicted molar refractivity (Wildman–Crippen MR) is 81.4 cm³/mol. The normalized spacial score (nSPS) is 25.5. The maximum atomic E-state index is 14.3. The molecule has 23 heavy (non-hydrogen) atoms. The van der Waals surface area contributed by atoms with Gasteiger partial charge in [-0.05, 0) is 48.0 Å². The lowest BCUT2D eigenvalue weighted by atomic mass is 9.96. The van der Waals surface area contributed by atoms with Crippen LogP contribution in [0.25, 0.3) is 0 Å². The van der Waals surface area contributed by atoms with E-state index in [9.17, 15) is 18.8 Å². The highest BCUT2D eigenvalue weighted by molar-refractivity contribution is 6.02. The Balaban J connectivity index is 3.15. The number of rotatable bonds is 2. The van der Waals surface area contributed by atoms with E-state index in [2.05, 4.69) is 0 Å². The van der Waals surface area contributed by atoms with Crippen LogP contribution in [-0.2, 0) is 19.1 Å². The van der Waals surface area contributed by atoms with E-state index in [1.54, 1.807) is 48.5 Å². The van der Waals surface area contributed by atoms with E-state index in [1.165, 1.54) is 0 Å². The highest BCUT2D eigenvalue weighted by Crippen LogP contribution is 2.33. The monoisotopic (exact) mass is 331 g/mol. The quantitative estimate of drug-likeness (QED) is 0.728. The Morgan fingerprint density at radius 3 is 1.96 bits per heavy atom. The molecule has 1 aliphatic rings. The minimum absolute atomic E-state index is 0.218. The molecule has 0 N–H and O–H groups in total. The lowest BCUT2D eigenvalue weighted by Crippen LogP contribution is -2.49. The van der Waals surface area contributed by atoms with Gasteiger partial charge in [0.1, 0.15) is 17.2 Å². The zero-order valence-corrected chi connectivity index (χ0v) is 14.8. The molecule has 0 aromatic rings. The van der Waals surface area contributed by atoms with Gasteiger partial charge in [0.05, 0.1) is 0 Å². The zero-order chi connectivity index (χ0) is 18.2. The molecule has 1 aliphatic heterocycles. The van der Waals surface area contributed by atoms with Crippen LogP contribution in [0.5, 0.6) is 0 Å². The van der Waals surface area contributed by atoms with Crippen LogP contribution in [0.15, 0.2) is 0 Å². The average molecular weight is 331 g/mol. The van der Waals surface area contributed by atoms with Crippen LogP contribution in [0.2, 0.25) is 0 Å². The third-order valence-electron chi connectivity index (χ3n) is 3.24. The number of esters is 1. The topological polar surface area (TPSA) is 72.9 Å². The molecule has 0 aromatic carbocycles. The Hall–Kier alpha value is -1.66. The lowest BCUT2D eigenvalue weighted by Gasteiger charge is -2.30. The fourth-order valence-electron chi connectivity index (χ4n) is 2.39. The van der Waals surface area contributed by atoms with Crippen molar-refractivity contribution in [2.24, 2.45) is 5.92 Å². The third kappa shape index (κ3) is 4.65. The highest BCUT2D eigenvalue weighted by Gasteiger charge is 2.56. The van der Waals surface area contributed by atoms with Gasteiger partial charge in [0, 0.05) is 5.92 Å². The average Bonchev–Trinajstić information content (AvgIpc) is 2.57. The third-order valence-corrected chi connectivity index (χ3v) is 3.24. The second kappa shape index (κ2) is 6.45. The van der Waals surface area contributed by atoms with Crippen LogP contribution in [0, 0.1) is 5.92 Å². The number of nitrogens with zero attached hydrogens (tertiary/aromatic N) is 1. The fourth-order valence-corrected chi connectivity index (χ4v) is 2.39. The molecule has 1 fully saturated rings. The molecule has 0 bridgehead atoms. The van der Waals surface area contributed by atoms with Gasteiger partial charge in [0.15, 0.2) is 6.17 Å². The van der Waals surface area contributed by atoms with Gasteiger partial charge < -0.3 is 9.47 Å². The van der Waals surface area contributed by atoms with Crippen LogP contribution in [0.3, 0.4) is 0 Å². The Morgan fingerprint density at radius 1 is 1.09 bits per heavy atom. The molecule has 7 heteroatoms. The zero-order valence-electron chi connectivity index (χ0n) is 14.8. The summed E-state index contributed by atoms with van der Waals surface area (Å²) in [6.45, 7) is 11.5. The molecule has 0 aliphatic carbocycles. The van der Waals surface area contributed by atoms with Crippen molar-refractivity contribution < 1.29 is 28.2 Å². The van der Waals surface area contributed by atoms with Crippen molar-refractivity contribution in [2.75, 3.05) is 0 Å². The van der Waals surface area contributed by atoms with E-state index in [0.29, 0.717) is 4.90 Å². The minimum atomic E-state index is -1.93. The van der Waals surface area contributed by atoms with Gasteiger partial charge in [0.25, 0.3) is 5.91 Å². The summed E-state index contributed by atoms with van der Waals surface area (Å²) >= 11 is 0. The number of halogens is 1. The number of carbonyl (C=O) groups excluding carboxylic acids is 3. The summed E-state index contributed by atoms with van der Waals surface area (Å²) in [4.78, 5) is 37.4. The van der Waals surface area contributed by atoms with Crippen molar-refractivity contribution in [1.82, 2.24) is 4.90 Å². The van der Waals surface area contributed by atoms with Crippen LogP contribution < -0.4 is 0 Å². The first kappa shape index (κ1) is 19.4. The van der Waals surface area contributed by atoms with E-state index in [4.69, 9.17) is 9.47 Å². The molecule has 2 amide bonds. The molecule has 0 spiro atoms. The Kier molecular flexibility index (Phi) is 5.44. The highest BCUT2D eigenvalue weighted by atomic mass is 19.1. The number of amides is 2. The first-order valence-corrected chi connectivity index (χ1v) is 7.71. The predicted octanol–water partition coefficient (Wildman–Crippen LogP) is 2.84. The van der Waals surface area contributed by atoms with Gasteiger partial charge in [-0.2, -0.15) is 0 Å². The molecule has 0 aromatic heterocycles. The van der Waals surface area contributed by atoms with E-state index in [1.807, 2.05) is 0 Å². The minimum Gasteiger partial charge on any atom is -0.458 e. The van der Waals surface area contributed by atoms with Crippen LogP contribution in [0.4, 0.5) is 9.18 Å². The fraction of sp³-hybridized carbons (Fsp3) is 0.812. The lowest BCUT2D eigenvalue weighted by molar-refractivity contribution is -0.163. The van der Waals surface area contributed by atoms with Crippen molar-refractivity contribution in [2.45, 2.75) is 78.3 Å². The Labute approximate surface area is 136 Å². The largest absolute Gasteiger partial charge is 0.458 e. The maximum absolute atomic E-state index is 14.3. The van der Waals surface area contributed by atoms with E-state index in [-0.39, 0.29) is 6.42 Å². The molecule has 1 heterocycles. The van der Waals surface area contributed by atoms with Crippen LogP contribution in [0.1, 0.15) is 54.9 Å². The number of hydrogen-bond donors (Lipinski definition) is 0. The summed E-state index contributed by atoms with van der Waals surface area (Å²) in [5.74, 6) is -2.80. The summed E-state index contributed by atoms with van der Waals surface area (Å²) in [6.07, 6.45) is -2.74. The smallest absolute Gasteiger partial charge is 0.417 e. The van der Waals surface area contributed by atoms with Crippen LogP contribution in [-0.4, -0.2) is 46.3 Å². The summed E-state index contributed by atoms with van der Waals surface area (Å²) in [5, 5.41) is 0. The number of alkyl halides is 1. The maximum Gasteiger partial charge on any atom is 0.417 e. The number of ether oxygens (including phenoxy) is 2. The molecule has 6 nitrogen and oxygen atoms in total. The molecule has 132 valence electrons. The van der Waals surface area contributed by atoms with Crippen molar-refractivity contribution >= 4 is 18.0 Å². The molecule has 1 saturated heterocycles. The Bertz CT molecular complexity index is 492. The standard InChI is InChI=1S/C16H26FNO5/c1-8-9-10(17)12(19)18(14(21)23-16(5,6)7)11(9)13(20)22-15(2,3)4/h9-11H,8H2,1-7H3/t9-,10+,11+/m1/s1. The molecule has 0 unspecified atom stereocenters. The number of imide groups is 1. The number of likely N-dealkylation sites (tertiary alicyclic amines) is 1. The molecule has 0 saturated carbocycles. The van der Waals surface area contributed by atoms with E-state index in [0.717, 1.165) is 0 Å². The van der Waals surface area contributed by atoms with Gasteiger partial charge in [-0.1, -0.05) is 6.92 Å². The summed E-state index contributed by atoms with van der Waals surface area (Å²) in [5.41, 5.74) is -1.68. The number of carbonyl (C=O) groups is 3. The summed E-state index contributed by atoms with van der Waals surface area (Å²) < 4.78 is 24.7. The molecular weight excluding hydrogens is 305 g/mol. The molecule has 1 rings (SSSR count). The van der Waals surface area contributed by atoms with Crippen molar-refractivity contribution in [3.05, 3.63) is 0 Å². The van der Waals surface area contributed by atoms with E-state index < -0.39 is 47.3 Å². The van der Waals surface area contributed by atoms with Gasteiger partial charge in [0.2, 0.25) is 0 Å². The van der Waals surface area contributed by atoms with Crippen molar-refractivity contribution in [1.29, 1.82) is 0 Å². The first-order valence-electron chi connectivity index (χ1n) is 7.71. The molecule has 0 radical (unpaired) electrons.